The van der Waals surface area contributed by atoms with E-state index in [1.54, 1.807) is 0 Å². The Balaban J connectivity index is 2.11. The lowest BCUT2D eigenvalue weighted by atomic mass is 10.00. The molecule has 0 saturated carbocycles. The largest absolute Gasteiger partial charge is 0.364 e. The van der Waals surface area contributed by atoms with Crippen LogP contribution < -0.4 is 5.73 Å². The van der Waals surface area contributed by atoms with E-state index in [-0.39, 0.29) is 0 Å². The first-order valence-corrected chi connectivity index (χ1v) is 5.92. The van der Waals surface area contributed by atoms with Gasteiger partial charge in [-0.3, -0.25) is 4.90 Å². The summed E-state index contributed by atoms with van der Waals surface area (Å²) >= 11 is 0. The molecule has 1 aromatic rings. The number of piperidine rings is 1. The lowest BCUT2D eigenvalue weighted by Gasteiger charge is -2.38. The standard InChI is InChI=1S/C12H21N3/c1-10-5-2-3-8-15(10)12(9-13)11-6-4-7-14-11/h4,6-7,10,12,14H,2-3,5,8-9,13H2,1H3. The van der Waals surface area contributed by atoms with Crippen molar-refractivity contribution in [1.82, 2.24) is 9.88 Å². The summed E-state index contributed by atoms with van der Waals surface area (Å²) in [5, 5.41) is 0. The van der Waals surface area contributed by atoms with E-state index < -0.39 is 0 Å². The average molecular weight is 207 g/mol. The van der Waals surface area contributed by atoms with Crippen molar-refractivity contribution in [2.24, 2.45) is 5.73 Å². The Bertz CT molecular complexity index is 281. The van der Waals surface area contributed by atoms with Gasteiger partial charge >= 0.3 is 0 Å². The van der Waals surface area contributed by atoms with Gasteiger partial charge in [0.05, 0.1) is 6.04 Å². The lowest BCUT2D eigenvalue weighted by Crippen LogP contribution is -2.43. The van der Waals surface area contributed by atoms with Gasteiger partial charge in [-0.1, -0.05) is 6.42 Å². The van der Waals surface area contributed by atoms with Crippen LogP contribution in [0.5, 0.6) is 0 Å². The highest BCUT2D eigenvalue weighted by molar-refractivity contribution is 5.10. The molecule has 15 heavy (non-hydrogen) atoms. The molecule has 0 aromatic carbocycles. The van der Waals surface area contributed by atoms with Crippen molar-refractivity contribution >= 4 is 0 Å². The van der Waals surface area contributed by atoms with Crippen molar-refractivity contribution in [2.75, 3.05) is 13.1 Å². The molecule has 84 valence electrons. The van der Waals surface area contributed by atoms with E-state index in [1.165, 1.54) is 31.5 Å². The van der Waals surface area contributed by atoms with Crippen molar-refractivity contribution in [3.63, 3.8) is 0 Å². The molecule has 2 heterocycles. The zero-order valence-electron chi connectivity index (χ0n) is 9.45. The first-order valence-electron chi connectivity index (χ1n) is 5.92. The van der Waals surface area contributed by atoms with Gasteiger partial charge in [0.15, 0.2) is 0 Å². The van der Waals surface area contributed by atoms with Crippen LogP contribution in [0, 0.1) is 0 Å². The molecule has 0 spiro atoms. The molecular weight excluding hydrogens is 186 g/mol. The third-order valence-electron chi connectivity index (χ3n) is 3.46. The van der Waals surface area contributed by atoms with Crippen molar-refractivity contribution in [1.29, 1.82) is 0 Å². The number of hydrogen-bond donors (Lipinski definition) is 2. The average Bonchev–Trinajstić information content (AvgIpc) is 2.75. The fourth-order valence-corrected chi connectivity index (χ4v) is 2.58. The molecule has 3 N–H and O–H groups in total. The number of nitrogens with one attached hydrogen (secondary N) is 1. The van der Waals surface area contributed by atoms with E-state index in [4.69, 9.17) is 5.73 Å². The van der Waals surface area contributed by atoms with Gasteiger partial charge in [0.2, 0.25) is 0 Å². The third-order valence-corrected chi connectivity index (χ3v) is 3.46. The maximum atomic E-state index is 5.90. The van der Waals surface area contributed by atoms with Crippen LogP contribution in [0.2, 0.25) is 0 Å². The Morgan fingerprint density at radius 1 is 1.60 bits per heavy atom. The van der Waals surface area contributed by atoms with Gasteiger partial charge in [-0.2, -0.15) is 0 Å². The normalized spacial score (nSPS) is 25.3. The van der Waals surface area contributed by atoms with Crippen molar-refractivity contribution in [2.45, 2.75) is 38.3 Å². The molecule has 0 aliphatic carbocycles. The van der Waals surface area contributed by atoms with Gasteiger partial charge in [0, 0.05) is 24.5 Å². The second kappa shape index (κ2) is 4.81. The third kappa shape index (κ3) is 2.24. The topological polar surface area (TPSA) is 45.0 Å². The zero-order valence-corrected chi connectivity index (χ0v) is 9.45. The summed E-state index contributed by atoms with van der Waals surface area (Å²) in [7, 11) is 0. The number of rotatable bonds is 3. The maximum absolute atomic E-state index is 5.90. The number of nitrogens with zero attached hydrogens (tertiary/aromatic N) is 1. The van der Waals surface area contributed by atoms with Gasteiger partial charge in [0.25, 0.3) is 0 Å². The summed E-state index contributed by atoms with van der Waals surface area (Å²) in [6, 6.07) is 5.22. The molecule has 0 radical (unpaired) electrons. The van der Waals surface area contributed by atoms with Crippen LogP contribution in [0.4, 0.5) is 0 Å². The minimum absolute atomic E-state index is 0.371. The molecule has 1 saturated heterocycles. The van der Waals surface area contributed by atoms with Crippen molar-refractivity contribution < 1.29 is 0 Å². The van der Waals surface area contributed by atoms with E-state index >= 15 is 0 Å². The molecule has 3 heteroatoms. The number of aromatic amines is 1. The smallest absolute Gasteiger partial charge is 0.0624 e. The van der Waals surface area contributed by atoms with Crippen LogP contribution in [-0.4, -0.2) is 29.0 Å². The Kier molecular flexibility index (Phi) is 3.44. The fourth-order valence-electron chi connectivity index (χ4n) is 2.58. The molecule has 1 aliphatic heterocycles. The van der Waals surface area contributed by atoms with E-state index in [2.05, 4.69) is 22.9 Å². The predicted octanol–water partition coefficient (Wildman–Crippen LogP) is 1.89. The number of likely N-dealkylation sites (tertiary alicyclic amines) is 1. The Hall–Kier alpha value is -0.800. The summed E-state index contributed by atoms with van der Waals surface area (Å²) in [5.74, 6) is 0. The zero-order chi connectivity index (χ0) is 10.7. The van der Waals surface area contributed by atoms with Gasteiger partial charge < -0.3 is 10.7 Å². The second-order valence-electron chi connectivity index (χ2n) is 4.46. The maximum Gasteiger partial charge on any atom is 0.0624 e. The molecule has 1 aliphatic rings. The molecule has 2 atom stereocenters. The summed E-state index contributed by atoms with van der Waals surface area (Å²) in [5.41, 5.74) is 7.15. The van der Waals surface area contributed by atoms with Crippen LogP contribution in [0.25, 0.3) is 0 Å². The Morgan fingerprint density at radius 2 is 2.47 bits per heavy atom. The number of H-pyrrole nitrogens is 1. The van der Waals surface area contributed by atoms with Gasteiger partial charge in [-0.15, -0.1) is 0 Å². The van der Waals surface area contributed by atoms with Crippen molar-refractivity contribution in [3.05, 3.63) is 24.0 Å². The predicted molar refractivity (Wildman–Crippen MR) is 62.6 cm³/mol. The highest BCUT2D eigenvalue weighted by Gasteiger charge is 2.26. The Morgan fingerprint density at radius 3 is 3.07 bits per heavy atom. The fraction of sp³-hybridized carbons (Fsp3) is 0.667. The molecule has 2 rings (SSSR count). The molecular formula is C12H21N3. The number of nitrogens with two attached hydrogens (primary N) is 1. The molecule has 0 amide bonds. The van der Waals surface area contributed by atoms with E-state index in [9.17, 15) is 0 Å². The van der Waals surface area contributed by atoms with Crippen LogP contribution in [0.1, 0.15) is 37.9 Å². The molecule has 0 bridgehead atoms. The molecule has 3 nitrogen and oxygen atoms in total. The van der Waals surface area contributed by atoms with E-state index in [1.807, 2.05) is 12.3 Å². The summed E-state index contributed by atoms with van der Waals surface area (Å²) in [4.78, 5) is 5.82. The summed E-state index contributed by atoms with van der Waals surface area (Å²) in [6.07, 6.45) is 5.95. The van der Waals surface area contributed by atoms with Crippen LogP contribution in [-0.2, 0) is 0 Å². The minimum atomic E-state index is 0.371. The summed E-state index contributed by atoms with van der Waals surface area (Å²) in [6.45, 7) is 4.19. The second-order valence-corrected chi connectivity index (χ2v) is 4.46. The highest BCUT2D eigenvalue weighted by atomic mass is 15.2. The van der Waals surface area contributed by atoms with Crippen LogP contribution in [0.15, 0.2) is 18.3 Å². The number of hydrogen-bond acceptors (Lipinski definition) is 2. The van der Waals surface area contributed by atoms with Gasteiger partial charge in [-0.05, 0) is 38.4 Å². The monoisotopic (exact) mass is 207 g/mol. The first kappa shape index (κ1) is 10.7. The van der Waals surface area contributed by atoms with Crippen LogP contribution >= 0.6 is 0 Å². The number of aromatic nitrogens is 1. The van der Waals surface area contributed by atoms with Crippen LogP contribution in [0.3, 0.4) is 0 Å². The van der Waals surface area contributed by atoms with E-state index in [0.717, 1.165) is 0 Å². The first-order chi connectivity index (χ1) is 7.33. The summed E-state index contributed by atoms with van der Waals surface area (Å²) < 4.78 is 0. The molecule has 1 aromatic heterocycles. The lowest BCUT2D eigenvalue weighted by molar-refractivity contribution is 0.107. The van der Waals surface area contributed by atoms with E-state index in [0.29, 0.717) is 18.6 Å². The van der Waals surface area contributed by atoms with Gasteiger partial charge in [0.1, 0.15) is 0 Å². The molecule has 2 unspecified atom stereocenters. The highest BCUT2D eigenvalue weighted by Crippen LogP contribution is 2.26. The SMILES string of the molecule is CC1CCCCN1C(CN)c1ccc[nH]1. The quantitative estimate of drug-likeness (QED) is 0.795. The molecule has 1 fully saturated rings. The minimum Gasteiger partial charge on any atom is -0.364 e. The van der Waals surface area contributed by atoms with Crippen molar-refractivity contribution in [3.8, 4) is 0 Å². The Labute approximate surface area is 91.7 Å². The van der Waals surface area contributed by atoms with Gasteiger partial charge in [-0.25, -0.2) is 0 Å².